The largest absolute Gasteiger partial charge is 0.462 e. The van der Waals surface area contributed by atoms with E-state index in [9.17, 15) is 18.8 Å². The predicted octanol–water partition coefficient (Wildman–Crippen LogP) is 4.96. The molecule has 1 amide bonds. The second kappa shape index (κ2) is 10.4. The summed E-state index contributed by atoms with van der Waals surface area (Å²) in [6.45, 7) is 5.50. The maximum absolute atomic E-state index is 13.9. The Hall–Kier alpha value is -2.45. The lowest BCUT2D eigenvalue weighted by Gasteiger charge is -2.18. The molecule has 2 unspecified atom stereocenters. The minimum atomic E-state index is -1.15. The number of hydrogen-bond donors (Lipinski definition) is 1. The van der Waals surface area contributed by atoms with Gasteiger partial charge in [-0.25, -0.2) is 9.18 Å². The number of fused-ring (bicyclic) bond motifs is 1. The van der Waals surface area contributed by atoms with Gasteiger partial charge in [0.15, 0.2) is 6.10 Å². The van der Waals surface area contributed by atoms with Gasteiger partial charge in [0, 0.05) is 15.5 Å². The Bertz CT molecular complexity index is 1020. The molecule has 32 heavy (non-hydrogen) atoms. The summed E-state index contributed by atoms with van der Waals surface area (Å²) < 4.78 is 24.3. The first-order valence-electron chi connectivity index (χ1n) is 10.5. The summed E-state index contributed by atoms with van der Waals surface area (Å²) in [6.07, 6.45) is 0.973. The van der Waals surface area contributed by atoms with Gasteiger partial charge in [0.05, 0.1) is 18.6 Å². The zero-order valence-corrected chi connectivity index (χ0v) is 19.7. The highest BCUT2D eigenvalue weighted by Crippen LogP contribution is 2.40. The van der Waals surface area contributed by atoms with Crippen LogP contribution in [0.25, 0.3) is 0 Å². The topological polar surface area (TPSA) is 81.7 Å². The first-order chi connectivity index (χ1) is 15.2. The summed E-state index contributed by atoms with van der Waals surface area (Å²) >= 11 is 7.29. The quantitative estimate of drug-likeness (QED) is 0.565. The summed E-state index contributed by atoms with van der Waals surface area (Å²) in [6, 6.07) is 4.10. The Morgan fingerprint density at radius 2 is 2.09 bits per heavy atom. The lowest BCUT2D eigenvalue weighted by molar-refractivity contribution is -0.152. The van der Waals surface area contributed by atoms with E-state index in [1.165, 1.54) is 36.5 Å². The Balaban J connectivity index is 1.72. The van der Waals surface area contributed by atoms with Gasteiger partial charge in [-0.2, -0.15) is 0 Å². The van der Waals surface area contributed by atoms with E-state index in [1.54, 1.807) is 6.92 Å². The molecule has 3 rings (SSSR count). The summed E-state index contributed by atoms with van der Waals surface area (Å²) in [5.41, 5.74) is 1.31. The number of rotatable bonds is 7. The van der Waals surface area contributed by atoms with Crippen molar-refractivity contribution in [3.05, 3.63) is 50.6 Å². The molecule has 9 heteroatoms. The molecule has 0 saturated heterocycles. The van der Waals surface area contributed by atoms with E-state index in [1.807, 2.05) is 0 Å². The third-order valence-electron chi connectivity index (χ3n) is 5.29. The van der Waals surface area contributed by atoms with Gasteiger partial charge in [-0.1, -0.05) is 24.6 Å². The van der Waals surface area contributed by atoms with Crippen LogP contribution in [0.3, 0.4) is 0 Å². The molecule has 2 atom stereocenters. The minimum absolute atomic E-state index is 0.0106. The minimum Gasteiger partial charge on any atom is -0.462 e. The highest BCUT2D eigenvalue weighted by atomic mass is 35.5. The van der Waals surface area contributed by atoms with Crippen molar-refractivity contribution < 1.29 is 28.2 Å². The van der Waals surface area contributed by atoms with E-state index in [0.29, 0.717) is 16.5 Å². The summed E-state index contributed by atoms with van der Waals surface area (Å²) in [4.78, 5) is 38.6. The third-order valence-corrected chi connectivity index (χ3v) is 6.81. The average Bonchev–Trinajstić information content (AvgIpc) is 3.07. The van der Waals surface area contributed by atoms with Crippen molar-refractivity contribution in [1.29, 1.82) is 0 Å². The van der Waals surface area contributed by atoms with Gasteiger partial charge in [-0.15, -0.1) is 11.3 Å². The highest BCUT2D eigenvalue weighted by Gasteiger charge is 2.30. The molecule has 0 aliphatic heterocycles. The molecule has 1 heterocycles. The molecule has 0 radical (unpaired) electrons. The normalized spacial score (nSPS) is 16.1. The average molecular weight is 482 g/mol. The number of amides is 1. The van der Waals surface area contributed by atoms with Crippen LogP contribution in [0.15, 0.2) is 18.2 Å². The van der Waals surface area contributed by atoms with Crippen LogP contribution in [-0.4, -0.2) is 30.6 Å². The summed E-state index contributed by atoms with van der Waals surface area (Å²) in [7, 11) is 0. The van der Waals surface area contributed by atoms with Gasteiger partial charge in [-0.05, 0) is 56.7 Å². The van der Waals surface area contributed by atoms with Crippen LogP contribution in [0.1, 0.15) is 53.6 Å². The van der Waals surface area contributed by atoms with E-state index in [4.69, 9.17) is 21.1 Å². The monoisotopic (exact) mass is 481 g/mol. The second-order valence-electron chi connectivity index (χ2n) is 7.77. The number of halogens is 2. The lowest BCUT2D eigenvalue weighted by Crippen LogP contribution is -2.31. The number of benzene rings is 1. The maximum atomic E-state index is 13.9. The van der Waals surface area contributed by atoms with Gasteiger partial charge in [-0.3, -0.25) is 9.59 Å². The number of ether oxygens (including phenoxy) is 2. The van der Waals surface area contributed by atoms with Crippen molar-refractivity contribution in [2.24, 2.45) is 5.92 Å². The zero-order chi connectivity index (χ0) is 23.4. The van der Waals surface area contributed by atoms with Crippen LogP contribution in [0, 0.1) is 11.7 Å². The molecular formula is C23H25ClFNO5S. The first-order valence-corrected chi connectivity index (χ1v) is 11.7. The highest BCUT2D eigenvalue weighted by molar-refractivity contribution is 7.17. The number of hydrogen-bond acceptors (Lipinski definition) is 6. The summed E-state index contributed by atoms with van der Waals surface area (Å²) in [5.74, 6) is -1.98. The van der Waals surface area contributed by atoms with Gasteiger partial charge in [0.2, 0.25) is 0 Å². The van der Waals surface area contributed by atoms with Crippen LogP contribution >= 0.6 is 22.9 Å². The first kappa shape index (κ1) is 24.2. The molecule has 6 nitrogen and oxygen atoms in total. The molecule has 0 fully saturated rings. The SMILES string of the molecule is CCOC(=O)c1c(NC(=O)C(C)OC(=O)Cc2c(F)cccc2Cl)sc2c1CCC(C)C2. The van der Waals surface area contributed by atoms with E-state index < -0.39 is 36.2 Å². The fourth-order valence-electron chi connectivity index (χ4n) is 3.61. The molecule has 0 spiro atoms. The zero-order valence-electron chi connectivity index (χ0n) is 18.1. The van der Waals surface area contributed by atoms with Crippen LogP contribution in [0.4, 0.5) is 9.39 Å². The van der Waals surface area contributed by atoms with Gasteiger partial charge < -0.3 is 14.8 Å². The Morgan fingerprint density at radius 3 is 2.78 bits per heavy atom. The van der Waals surface area contributed by atoms with Crippen molar-refractivity contribution >= 4 is 45.8 Å². The fraction of sp³-hybridized carbons (Fsp3) is 0.435. The van der Waals surface area contributed by atoms with E-state index >= 15 is 0 Å². The van der Waals surface area contributed by atoms with E-state index in [0.717, 1.165) is 29.7 Å². The van der Waals surface area contributed by atoms with Crippen molar-refractivity contribution in [3.8, 4) is 0 Å². The molecule has 0 saturated carbocycles. The molecule has 2 aromatic rings. The predicted molar refractivity (Wildman–Crippen MR) is 121 cm³/mol. The van der Waals surface area contributed by atoms with Gasteiger partial charge in [0.25, 0.3) is 5.91 Å². The van der Waals surface area contributed by atoms with Crippen LogP contribution in [0.2, 0.25) is 5.02 Å². The molecular weight excluding hydrogens is 457 g/mol. The molecule has 0 bridgehead atoms. The number of thiophene rings is 1. The molecule has 1 aromatic heterocycles. The number of carbonyl (C=O) groups is 3. The van der Waals surface area contributed by atoms with Crippen LogP contribution in [0.5, 0.6) is 0 Å². The van der Waals surface area contributed by atoms with E-state index in [-0.39, 0.29) is 17.2 Å². The van der Waals surface area contributed by atoms with Gasteiger partial charge in [0.1, 0.15) is 10.8 Å². The Labute approximate surface area is 195 Å². The number of esters is 2. The van der Waals surface area contributed by atoms with E-state index in [2.05, 4.69) is 12.2 Å². The standard InChI is InChI=1S/C23H25ClFNO5S/c1-4-30-23(29)20-14-9-8-12(2)10-18(14)32-22(20)26-21(28)13(3)31-19(27)11-15-16(24)6-5-7-17(15)25/h5-7,12-13H,4,8-11H2,1-3H3,(H,26,28). The van der Waals surface area contributed by atoms with Crippen molar-refractivity contribution in [2.75, 3.05) is 11.9 Å². The van der Waals surface area contributed by atoms with Crippen LogP contribution < -0.4 is 5.32 Å². The molecule has 1 N–H and O–H groups in total. The lowest BCUT2D eigenvalue weighted by atomic mass is 9.88. The Kier molecular flexibility index (Phi) is 7.90. The molecule has 172 valence electrons. The van der Waals surface area contributed by atoms with Crippen molar-refractivity contribution in [3.63, 3.8) is 0 Å². The molecule has 1 aromatic carbocycles. The summed E-state index contributed by atoms with van der Waals surface area (Å²) in [5, 5.41) is 3.22. The smallest absolute Gasteiger partial charge is 0.341 e. The number of carbonyl (C=O) groups excluding carboxylic acids is 3. The number of nitrogens with one attached hydrogen (secondary N) is 1. The molecule has 1 aliphatic rings. The fourth-order valence-corrected chi connectivity index (χ4v) is 5.24. The van der Waals surface area contributed by atoms with Crippen molar-refractivity contribution in [1.82, 2.24) is 0 Å². The van der Waals surface area contributed by atoms with Gasteiger partial charge >= 0.3 is 11.9 Å². The number of anilines is 1. The van der Waals surface area contributed by atoms with Crippen LogP contribution in [-0.2, 0) is 38.3 Å². The second-order valence-corrected chi connectivity index (χ2v) is 9.29. The Morgan fingerprint density at radius 1 is 1.34 bits per heavy atom. The molecule has 1 aliphatic carbocycles. The third kappa shape index (κ3) is 5.48. The maximum Gasteiger partial charge on any atom is 0.341 e. The van der Waals surface area contributed by atoms with Crippen molar-refractivity contribution in [2.45, 2.75) is 52.6 Å².